The summed E-state index contributed by atoms with van der Waals surface area (Å²) in [5.41, 5.74) is 4.07. The zero-order valence-electron chi connectivity index (χ0n) is 12.4. The summed E-state index contributed by atoms with van der Waals surface area (Å²) in [4.78, 5) is 15.3. The van der Waals surface area contributed by atoms with Gasteiger partial charge in [-0.25, -0.2) is 0 Å². The summed E-state index contributed by atoms with van der Waals surface area (Å²) in [6, 6.07) is 13.8. The SMILES string of the molecule is COc1ccc2c(C)c(-c3ccc(C)cc3)[nH]c(=O)c2c1. The van der Waals surface area contributed by atoms with Crippen molar-refractivity contribution in [2.45, 2.75) is 13.8 Å². The van der Waals surface area contributed by atoms with Crippen molar-refractivity contribution >= 4 is 10.8 Å². The fraction of sp³-hybridized carbons (Fsp3) is 0.167. The summed E-state index contributed by atoms with van der Waals surface area (Å²) >= 11 is 0. The molecule has 21 heavy (non-hydrogen) atoms. The molecular weight excluding hydrogens is 262 g/mol. The topological polar surface area (TPSA) is 42.1 Å². The van der Waals surface area contributed by atoms with E-state index in [1.807, 2.05) is 50.2 Å². The van der Waals surface area contributed by atoms with Crippen LogP contribution in [0, 0.1) is 13.8 Å². The molecule has 1 heterocycles. The van der Waals surface area contributed by atoms with E-state index < -0.39 is 0 Å². The maximum absolute atomic E-state index is 12.3. The highest BCUT2D eigenvalue weighted by molar-refractivity contribution is 5.90. The van der Waals surface area contributed by atoms with Crippen LogP contribution < -0.4 is 10.3 Å². The molecule has 0 atom stereocenters. The third-order valence-corrected chi connectivity index (χ3v) is 3.83. The van der Waals surface area contributed by atoms with Crippen LogP contribution in [0.15, 0.2) is 47.3 Å². The summed E-state index contributed by atoms with van der Waals surface area (Å²) in [5, 5.41) is 1.61. The van der Waals surface area contributed by atoms with Gasteiger partial charge in [0.05, 0.1) is 18.2 Å². The molecule has 0 aliphatic rings. The van der Waals surface area contributed by atoms with Crippen LogP contribution in [0.1, 0.15) is 11.1 Å². The molecule has 0 saturated heterocycles. The predicted octanol–water partition coefficient (Wildman–Crippen LogP) is 3.82. The number of fused-ring (bicyclic) bond motifs is 1. The molecule has 0 fully saturated rings. The Labute approximate surface area is 123 Å². The van der Waals surface area contributed by atoms with E-state index in [0.29, 0.717) is 11.1 Å². The van der Waals surface area contributed by atoms with Crippen LogP contribution in [0.4, 0.5) is 0 Å². The minimum Gasteiger partial charge on any atom is -0.497 e. The molecule has 1 aromatic heterocycles. The summed E-state index contributed by atoms with van der Waals surface area (Å²) in [6.07, 6.45) is 0. The molecule has 0 radical (unpaired) electrons. The molecule has 3 heteroatoms. The number of aromatic amines is 1. The molecule has 0 aliphatic carbocycles. The predicted molar refractivity (Wildman–Crippen MR) is 86.0 cm³/mol. The molecule has 0 unspecified atom stereocenters. The van der Waals surface area contributed by atoms with Gasteiger partial charge in [-0.05, 0) is 42.5 Å². The van der Waals surface area contributed by atoms with Crippen molar-refractivity contribution in [1.29, 1.82) is 0 Å². The van der Waals surface area contributed by atoms with Crippen LogP contribution in [0.2, 0.25) is 0 Å². The third-order valence-electron chi connectivity index (χ3n) is 3.83. The Kier molecular flexibility index (Phi) is 3.26. The molecule has 3 rings (SSSR count). The second-order valence-electron chi connectivity index (χ2n) is 5.23. The standard InChI is InChI=1S/C18H17NO2/c1-11-4-6-13(7-5-11)17-12(2)15-9-8-14(21-3)10-16(15)18(20)19-17/h4-10H,1-3H3,(H,19,20). The van der Waals surface area contributed by atoms with Crippen molar-refractivity contribution in [2.75, 3.05) is 7.11 Å². The number of ether oxygens (including phenoxy) is 1. The lowest BCUT2D eigenvalue weighted by molar-refractivity contribution is 0.415. The van der Waals surface area contributed by atoms with Gasteiger partial charge >= 0.3 is 0 Å². The van der Waals surface area contributed by atoms with Crippen LogP contribution in [-0.2, 0) is 0 Å². The van der Waals surface area contributed by atoms with Crippen molar-refractivity contribution in [2.24, 2.45) is 0 Å². The highest BCUT2D eigenvalue weighted by Gasteiger charge is 2.10. The Balaban J connectivity index is 2.29. The van der Waals surface area contributed by atoms with Gasteiger partial charge in [-0.2, -0.15) is 0 Å². The molecule has 0 amide bonds. The minimum absolute atomic E-state index is 0.0925. The summed E-state index contributed by atoms with van der Waals surface area (Å²) in [6.45, 7) is 4.08. The largest absolute Gasteiger partial charge is 0.497 e. The number of H-pyrrole nitrogens is 1. The van der Waals surface area contributed by atoms with E-state index >= 15 is 0 Å². The van der Waals surface area contributed by atoms with Crippen LogP contribution >= 0.6 is 0 Å². The number of pyridine rings is 1. The van der Waals surface area contributed by atoms with E-state index in [9.17, 15) is 4.79 Å². The van der Waals surface area contributed by atoms with Gasteiger partial charge in [0.2, 0.25) is 0 Å². The molecule has 0 saturated carbocycles. The number of hydrogen-bond donors (Lipinski definition) is 1. The van der Waals surface area contributed by atoms with E-state index in [1.165, 1.54) is 5.56 Å². The smallest absolute Gasteiger partial charge is 0.256 e. The minimum atomic E-state index is -0.0925. The lowest BCUT2D eigenvalue weighted by Gasteiger charge is -2.10. The highest BCUT2D eigenvalue weighted by atomic mass is 16.5. The van der Waals surface area contributed by atoms with Gasteiger partial charge in [0.15, 0.2) is 0 Å². The maximum atomic E-state index is 12.3. The Bertz CT molecular complexity index is 861. The maximum Gasteiger partial charge on any atom is 0.256 e. The zero-order valence-corrected chi connectivity index (χ0v) is 12.4. The molecular formula is C18H17NO2. The van der Waals surface area contributed by atoms with Gasteiger partial charge in [0, 0.05) is 0 Å². The van der Waals surface area contributed by atoms with Crippen LogP contribution in [0.3, 0.4) is 0 Å². The van der Waals surface area contributed by atoms with Crippen LogP contribution in [-0.4, -0.2) is 12.1 Å². The van der Waals surface area contributed by atoms with Crippen molar-refractivity contribution in [3.8, 4) is 17.0 Å². The van der Waals surface area contributed by atoms with E-state index in [4.69, 9.17) is 4.74 Å². The number of aryl methyl sites for hydroxylation is 2. The highest BCUT2D eigenvalue weighted by Crippen LogP contribution is 2.27. The average Bonchev–Trinajstić information content (AvgIpc) is 2.51. The summed E-state index contributed by atoms with van der Waals surface area (Å²) < 4.78 is 5.19. The molecule has 2 aromatic carbocycles. The molecule has 3 aromatic rings. The van der Waals surface area contributed by atoms with Gasteiger partial charge in [-0.3, -0.25) is 4.79 Å². The fourth-order valence-electron chi connectivity index (χ4n) is 2.58. The van der Waals surface area contributed by atoms with Crippen LogP contribution in [0.5, 0.6) is 5.75 Å². The second kappa shape index (κ2) is 5.09. The Morgan fingerprint density at radius 1 is 0.952 bits per heavy atom. The zero-order chi connectivity index (χ0) is 15.0. The molecule has 0 aliphatic heterocycles. The van der Waals surface area contributed by atoms with Crippen molar-refractivity contribution in [1.82, 2.24) is 4.98 Å². The van der Waals surface area contributed by atoms with Gasteiger partial charge < -0.3 is 9.72 Å². The second-order valence-corrected chi connectivity index (χ2v) is 5.23. The lowest BCUT2D eigenvalue weighted by Crippen LogP contribution is -2.09. The molecule has 0 spiro atoms. The number of methoxy groups -OCH3 is 1. The van der Waals surface area contributed by atoms with E-state index in [1.54, 1.807) is 13.2 Å². The van der Waals surface area contributed by atoms with Crippen LogP contribution in [0.25, 0.3) is 22.0 Å². The molecule has 0 bridgehead atoms. The van der Waals surface area contributed by atoms with E-state index in [-0.39, 0.29) is 5.56 Å². The number of rotatable bonds is 2. The Hall–Kier alpha value is -2.55. The van der Waals surface area contributed by atoms with E-state index in [2.05, 4.69) is 4.98 Å². The first kappa shape index (κ1) is 13.4. The lowest BCUT2D eigenvalue weighted by atomic mass is 10.00. The number of hydrogen-bond acceptors (Lipinski definition) is 2. The molecule has 3 nitrogen and oxygen atoms in total. The third kappa shape index (κ3) is 2.31. The van der Waals surface area contributed by atoms with Gasteiger partial charge in [0.25, 0.3) is 5.56 Å². The number of aromatic nitrogens is 1. The first-order valence-electron chi connectivity index (χ1n) is 6.88. The van der Waals surface area contributed by atoms with Gasteiger partial charge in [-0.1, -0.05) is 35.9 Å². The average molecular weight is 279 g/mol. The summed E-state index contributed by atoms with van der Waals surface area (Å²) in [7, 11) is 1.60. The Morgan fingerprint density at radius 3 is 2.33 bits per heavy atom. The van der Waals surface area contributed by atoms with E-state index in [0.717, 1.165) is 22.2 Å². The van der Waals surface area contributed by atoms with Gasteiger partial charge in [-0.15, -0.1) is 0 Å². The quantitative estimate of drug-likeness (QED) is 0.775. The first-order valence-corrected chi connectivity index (χ1v) is 6.88. The Morgan fingerprint density at radius 2 is 1.67 bits per heavy atom. The molecule has 1 N–H and O–H groups in total. The first-order chi connectivity index (χ1) is 10.1. The normalized spacial score (nSPS) is 10.8. The van der Waals surface area contributed by atoms with Crippen molar-refractivity contribution < 1.29 is 4.74 Å². The van der Waals surface area contributed by atoms with Gasteiger partial charge in [0.1, 0.15) is 5.75 Å². The number of nitrogens with one attached hydrogen (secondary N) is 1. The van der Waals surface area contributed by atoms with Crippen molar-refractivity contribution in [3.05, 3.63) is 63.9 Å². The molecule has 106 valence electrons. The monoisotopic (exact) mass is 279 g/mol. The van der Waals surface area contributed by atoms with Crippen molar-refractivity contribution in [3.63, 3.8) is 0 Å². The fourth-order valence-corrected chi connectivity index (χ4v) is 2.58. The number of benzene rings is 2. The summed E-state index contributed by atoms with van der Waals surface area (Å²) in [5.74, 6) is 0.690.